The van der Waals surface area contributed by atoms with Crippen LogP contribution in [-0.4, -0.2) is 48.3 Å². The number of anilines is 1. The highest BCUT2D eigenvalue weighted by molar-refractivity contribution is 7.98. The third-order valence-corrected chi connectivity index (χ3v) is 6.42. The highest BCUT2D eigenvalue weighted by Gasteiger charge is 2.28. The number of rotatable bonds is 5. The highest BCUT2D eigenvalue weighted by atomic mass is 32.2. The number of nitrogens with zero attached hydrogens (tertiary/aromatic N) is 2. The van der Waals surface area contributed by atoms with E-state index < -0.39 is 0 Å². The summed E-state index contributed by atoms with van der Waals surface area (Å²) in [6.45, 7) is 2.43. The van der Waals surface area contributed by atoms with Crippen molar-refractivity contribution in [1.82, 2.24) is 9.80 Å². The maximum atomic E-state index is 13.5. The molecule has 4 nitrogen and oxygen atoms in total. The molecule has 0 radical (unpaired) electrons. The Hall–Kier alpha value is -2.90. The zero-order valence-corrected chi connectivity index (χ0v) is 18.6. The Morgan fingerprint density at radius 2 is 1.31 bits per heavy atom. The van der Waals surface area contributed by atoms with Gasteiger partial charge < -0.3 is 10.2 Å². The van der Waals surface area contributed by atoms with Crippen LogP contribution in [-0.2, 0) is 0 Å². The second-order valence-corrected chi connectivity index (χ2v) is 8.57. The zero-order chi connectivity index (χ0) is 22.5. The zero-order valence-electron chi connectivity index (χ0n) is 17.8. The molecule has 3 aromatic carbocycles. The maximum absolute atomic E-state index is 13.5. The van der Waals surface area contributed by atoms with Crippen LogP contribution >= 0.6 is 11.8 Å². The number of halogens is 2. The van der Waals surface area contributed by atoms with Crippen molar-refractivity contribution in [2.24, 2.45) is 0 Å². The molecule has 0 aliphatic carbocycles. The van der Waals surface area contributed by atoms with Gasteiger partial charge in [0.15, 0.2) is 0 Å². The number of thioether (sulfide) groups is 1. The Morgan fingerprint density at radius 3 is 1.78 bits per heavy atom. The number of amides is 2. The van der Waals surface area contributed by atoms with Gasteiger partial charge in [0.1, 0.15) is 11.6 Å². The number of hydrogen-bond acceptors (Lipinski definition) is 3. The summed E-state index contributed by atoms with van der Waals surface area (Å²) in [4.78, 5) is 17.9. The molecule has 1 N–H and O–H groups in total. The lowest BCUT2D eigenvalue weighted by Crippen LogP contribution is -2.51. The summed E-state index contributed by atoms with van der Waals surface area (Å²) in [5.74, 6) is -0.586. The van der Waals surface area contributed by atoms with Crippen LogP contribution in [0, 0.1) is 11.6 Å². The predicted octanol–water partition coefficient (Wildman–Crippen LogP) is 5.63. The smallest absolute Gasteiger partial charge is 0.321 e. The van der Waals surface area contributed by atoms with Gasteiger partial charge in [-0.05, 0) is 65.9 Å². The minimum absolute atomic E-state index is 0.123. The largest absolute Gasteiger partial charge is 0.322 e. The minimum atomic E-state index is -0.293. The van der Waals surface area contributed by atoms with E-state index in [4.69, 9.17) is 0 Å². The first-order valence-corrected chi connectivity index (χ1v) is 11.7. The van der Waals surface area contributed by atoms with E-state index in [-0.39, 0.29) is 23.7 Å². The van der Waals surface area contributed by atoms with Crippen LogP contribution in [0.5, 0.6) is 0 Å². The molecule has 2 amide bonds. The lowest BCUT2D eigenvalue weighted by molar-refractivity contribution is 0.126. The van der Waals surface area contributed by atoms with Crippen LogP contribution in [0.1, 0.15) is 17.2 Å². The molecular formula is C25H25F2N3OS. The summed E-state index contributed by atoms with van der Waals surface area (Å²) >= 11 is 1.65. The van der Waals surface area contributed by atoms with Gasteiger partial charge in [0.25, 0.3) is 0 Å². The summed E-state index contributed by atoms with van der Waals surface area (Å²) in [7, 11) is 0. The molecule has 4 rings (SSSR count). The third-order valence-electron chi connectivity index (χ3n) is 5.68. The van der Waals surface area contributed by atoms with Gasteiger partial charge in [-0.2, -0.15) is 0 Å². The van der Waals surface area contributed by atoms with E-state index in [2.05, 4.69) is 10.2 Å². The van der Waals surface area contributed by atoms with E-state index in [1.807, 2.05) is 30.5 Å². The average molecular weight is 454 g/mol. The molecule has 1 heterocycles. The van der Waals surface area contributed by atoms with Crippen molar-refractivity contribution < 1.29 is 13.6 Å². The summed E-state index contributed by atoms with van der Waals surface area (Å²) in [6.07, 6.45) is 2.01. The van der Waals surface area contributed by atoms with Gasteiger partial charge in [-0.15, -0.1) is 11.8 Å². The van der Waals surface area contributed by atoms with Crippen LogP contribution in [0.3, 0.4) is 0 Å². The Balaban J connectivity index is 1.45. The molecule has 1 aliphatic heterocycles. The maximum Gasteiger partial charge on any atom is 0.321 e. The third kappa shape index (κ3) is 5.29. The number of nitrogens with one attached hydrogen (secondary N) is 1. The molecule has 0 spiro atoms. The number of urea groups is 1. The molecule has 166 valence electrons. The van der Waals surface area contributed by atoms with Gasteiger partial charge in [0.05, 0.1) is 6.04 Å². The van der Waals surface area contributed by atoms with Crippen molar-refractivity contribution in [2.75, 3.05) is 37.8 Å². The highest BCUT2D eigenvalue weighted by Crippen LogP contribution is 2.30. The molecule has 7 heteroatoms. The van der Waals surface area contributed by atoms with Crippen LogP contribution < -0.4 is 5.32 Å². The van der Waals surface area contributed by atoms with Gasteiger partial charge in [-0.1, -0.05) is 24.3 Å². The first-order chi connectivity index (χ1) is 15.5. The first-order valence-electron chi connectivity index (χ1n) is 10.5. The number of carbonyl (C=O) groups is 1. The number of carbonyl (C=O) groups excluding carboxylic acids is 1. The van der Waals surface area contributed by atoms with E-state index in [0.717, 1.165) is 21.7 Å². The van der Waals surface area contributed by atoms with Crippen LogP contribution in [0.2, 0.25) is 0 Å². The van der Waals surface area contributed by atoms with Gasteiger partial charge in [-0.3, -0.25) is 4.90 Å². The molecule has 0 unspecified atom stereocenters. The lowest BCUT2D eigenvalue weighted by Gasteiger charge is -2.39. The van der Waals surface area contributed by atoms with Crippen molar-refractivity contribution in [3.8, 4) is 0 Å². The van der Waals surface area contributed by atoms with Crippen molar-refractivity contribution in [3.63, 3.8) is 0 Å². The van der Waals surface area contributed by atoms with Crippen molar-refractivity contribution in [2.45, 2.75) is 10.9 Å². The fourth-order valence-electron chi connectivity index (χ4n) is 3.96. The van der Waals surface area contributed by atoms with Crippen molar-refractivity contribution in [3.05, 3.63) is 95.6 Å². The molecule has 3 aromatic rings. The molecule has 1 aliphatic rings. The molecule has 0 bridgehead atoms. The van der Waals surface area contributed by atoms with E-state index in [9.17, 15) is 13.6 Å². The molecule has 32 heavy (non-hydrogen) atoms. The van der Waals surface area contributed by atoms with E-state index >= 15 is 0 Å². The lowest BCUT2D eigenvalue weighted by atomic mass is 9.96. The van der Waals surface area contributed by atoms with Gasteiger partial charge in [0, 0.05) is 36.8 Å². The molecule has 0 aromatic heterocycles. The standard InChI is InChI=1S/C25H25F2N3OS/c1-32-23-12-10-22(11-13-23)28-25(31)30-16-14-29(15-17-30)24(18-2-6-20(26)7-3-18)19-4-8-21(27)9-5-19/h2-13,24H,14-17H2,1H3,(H,28,31). The van der Waals surface area contributed by atoms with Gasteiger partial charge >= 0.3 is 6.03 Å². The van der Waals surface area contributed by atoms with E-state index in [1.54, 1.807) is 40.9 Å². The summed E-state index contributed by atoms with van der Waals surface area (Å²) in [6, 6.07) is 20.3. The Kier molecular flexibility index (Phi) is 7.07. The Morgan fingerprint density at radius 1 is 0.812 bits per heavy atom. The molecule has 0 atom stereocenters. The average Bonchev–Trinajstić information content (AvgIpc) is 2.82. The monoisotopic (exact) mass is 453 g/mol. The quantitative estimate of drug-likeness (QED) is 0.509. The molecule has 1 saturated heterocycles. The predicted molar refractivity (Wildman–Crippen MR) is 125 cm³/mol. The second-order valence-electron chi connectivity index (χ2n) is 7.69. The fourth-order valence-corrected chi connectivity index (χ4v) is 4.37. The van der Waals surface area contributed by atoms with Gasteiger partial charge in [-0.25, -0.2) is 13.6 Å². The van der Waals surface area contributed by atoms with Crippen LogP contribution in [0.25, 0.3) is 0 Å². The molecule has 1 fully saturated rings. The number of benzene rings is 3. The van der Waals surface area contributed by atoms with Crippen LogP contribution in [0.15, 0.2) is 77.7 Å². The number of hydrogen-bond donors (Lipinski definition) is 1. The van der Waals surface area contributed by atoms with Gasteiger partial charge in [0.2, 0.25) is 0 Å². The second kappa shape index (κ2) is 10.1. The minimum Gasteiger partial charge on any atom is -0.322 e. The summed E-state index contributed by atoms with van der Waals surface area (Å²) < 4.78 is 27.0. The Bertz CT molecular complexity index is 989. The summed E-state index contributed by atoms with van der Waals surface area (Å²) in [5, 5.41) is 2.96. The van der Waals surface area contributed by atoms with E-state index in [1.165, 1.54) is 24.3 Å². The number of piperazine rings is 1. The Labute approximate surface area is 191 Å². The molecule has 0 saturated carbocycles. The normalized spacial score (nSPS) is 14.6. The first kappa shape index (κ1) is 22.3. The van der Waals surface area contributed by atoms with Crippen molar-refractivity contribution in [1.29, 1.82) is 0 Å². The van der Waals surface area contributed by atoms with E-state index in [0.29, 0.717) is 26.2 Å². The topological polar surface area (TPSA) is 35.6 Å². The van der Waals surface area contributed by atoms with Crippen molar-refractivity contribution >= 4 is 23.5 Å². The summed E-state index contributed by atoms with van der Waals surface area (Å²) in [5.41, 5.74) is 2.64. The van der Waals surface area contributed by atoms with Crippen LogP contribution in [0.4, 0.5) is 19.3 Å². The SMILES string of the molecule is CSc1ccc(NC(=O)N2CCN(C(c3ccc(F)cc3)c3ccc(F)cc3)CC2)cc1. The fraction of sp³-hybridized carbons (Fsp3) is 0.240. The molecular weight excluding hydrogens is 428 g/mol.